The van der Waals surface area contributed by atoms with Gasteiger partial charge < -0.3 is 15.7 Å². The van der Waals surface area contributed by atoms with E-state index in [4.69, 9.17) is 5.11 Å². The van der Waals surface area contributed by atoms with Crippen LogP contribution in [-0.2, 0) is 4.79 Å². The summed E-state index contributed by atoms with van der Waals surface area (Å²) in [5.74, 6) is -1.47. The number of nitrogens with one attached hydrogen (secondary N) is 2. The highest BCUT2D eigenvalue weighted by Gasteiger charge is 2.65. The molecule has 1 unspecified atom stereocenters. The molecule has 0 bridgehead atoms. The predicted molar refractivity (Wildman–Crippen MR) is 64.7 cm³/mol. The van der Waals surface area contributed by atoms with Gasteiger partial charge in [-0.15, -0.1) is 0 Å². The molecule has 0 aromatic heterocycles. The lowest BCUT2D eigenvalue weighted by molar-refractivity contribution is -0.140. The van der Waals surface area contributed by atoms with Crippen molar-refractivity contribution in [3.8, 4) is 0 Å². The molecule has 1 aliphatic rings. The molecule has 0 radical (unpaired) electrons. The van der Waals surface area contributed by atoms with E-state index in [1.54, 1.807) is 6.92 Å². The minimum atomic E-state index is -0.905. The van der Waals surface area contributed by atoms with Crippen LogP contribution in [0.1, 0.15) is 34.6 Å². The SMILES string of the molecule is CC(CNC(=O)NC1C(C)(C)C1(C)C)C(=O)O. The van der Waals surface area contributed by atoms with E-state index in [1.807, 2.05) is 0 Å². The number of carboxylic acid groups (broad SMARTS) is 1. The smallest absolute Gasteiger partial charge is 0.315 e. The molecule has 0 spiro atoms. The van der Waals surface area contributed by atoms with Crippen molar-refractivity contribution >= 4 is 12.0 Å². The van der Waals surface area contributed by atoms with Crippen LogP contribution in [0.25, 0.3) is 0 Å². The van der Waals surface area contributed by atoms with Gasteiger partial charge in [0, 0.05) is 12.6 Å². The number of urea groups is 1. The molecule has 0 aromatic rings. The number of rotatable bonds is 4. The zero-order chi connectivity index (χ0) is 13.4. The van der Waals surface area contributed by atoms with Crippen LogP contribution in [-0.4, -0.2) is 29.7 Å². The van der Waals surface area contributed by atoms with E-state index >= 15 is 0 Å². The van der Waals surface area contributed by atoms with Crippen molar-refractivity contribution in [2.24, 2.45) is 16.7 Å². The Morgan fingerprint density at radius 2 is 1.71 bits per heavy atom. The maximum atomic E-state index is 11.6. The molecule has 0 aliphatic heterocycles. The van der Waals surface area contributed by atoms with Crippen molar-refractivity contribution in [1.82, 2.24) is 10.6 Å². The molecule has 5 nitrogen and oxygen atoms in total. The summed E-state index contributed by atoms with van der Waals surface area (Å²) in [4.78, 5) is 22.2. The number of aliphatic carboxylic acids is 1. The molecule has 0 saturated heterocycles. The highest BCUT2D eigenvalue weighted by molar-refractivity contribution is 5.76. The average Bonchev–Trinajstić information content (AvgIpc) is 2.57. The van der Waals surface area contributed by atoms with Gasteiger partial charge in [-0.1, -0.05) is 34.6 Å². The van der Waals surface area contributed by atoms with Gasteiger partial charge in [0.25, 0.3) is 0 Å². The second-order valence-electron chi connectivity index (χ2n) is 5.97. The van der Waals surface area contributed by atoms with Gasteiger partial charge in [-0.2, -0.15) is 0 Å². The number of carboxylic acids is 1. The fourth-order valence-electron chi connectivity index (χ4n) is 2.07. The molecule has 3 N–H and O–H groups in total. The van der Waals surface area contributed by atoms with Crippen molar-refractivity contribution in [1.29, 1.82) is 0 Å². The molecule has 1 atom stereocenters. The van der Waals surface area contributed by atoms with Crippen LogP contribution >= 0.6 is 0 Å². The first-order valence-corrected chi connectivity index (χ1v) is 5.88. The molecular weight excluding hydrogens is 220 g/mol. The fraction of sp³-hybridized carbons (Fsp3) is 0.833. The monoisotopic (exact) mass is 242 g/mol. The van der Waals surface area contributed by atoms with Gasteiger partial charge in [-0.25, -0.2) is 4.79 Å². The Balaban J connectivity index is 2.36. The van der Waals surface area contributed by atoms with Crippen molar-refractivity contribution in [3.63, 3.8) is 0 Å². The van der Waals surface area contributed by atoms with Crippen molar-refractivity contribution in [2.75, 3.05) is 6.54 Å². The highest BCUT2D eigenvalue weighted by Crippen LogP contribution is 2.62. The zero-order valence-corrected chi connectivity index (χ0v) is 11.1. The summed E-state index contributed by atoms with van der Waals surface area (Å²) in [6, 6.07) is -0.156. The summed E-state index contributed by atoms with van der Waals surface area (Å²) in [7, 11) is 0. The highest BCUT2D eigenvalue weighted by atomic mass is 16.4. The molecule has 0 heterocycles. The summed E-state index contributed by atoms with van der Waals surface area (Å²) in [6.45, 7) is 10.1. The number of hydrogen-bond donors (Lipinski definition) is 3. The van der Waals surface area contributed by atoms with E-state index in [0.717, 1.165) is 0 Å². The number of carbonyl (C=O) groups is 2. The molecular formula is C12H22N2O3. The van der Waals surface area contributed by atoms with Crippen LogP contribution in [0, 0.1) is 16.7 Å². The number of amides is 2. The van der Waals surface area contributed by atoms with E-state index in [1.165, 1.54) is 0 Å². The Hall–Kier alpha value is -1.26. The topological polar surface area (TPSA) is 78.4 Å². The molecule has 17 heavy (non-hydrogen) atoms. The first-order chi connectivity index (χ1) is 7.60. The third-order valence-electron chi connectivity index (χ3n) is 4.29. The van der Waals surface area contributed by atoms with Crippen LogP contribution in [0.2, 0.25) is 0 Å². The summed E-state index contributed by atoms with van der Waals surface area (Å²) >= 11 is 0. The molecule has 2 amide bonds. The Kier molecular flexibility index (Phi) is 3.41. The fourth-order valence-corrected chi connectivity index (χ4v) is 2.07. The maximum Gasteiger partial charge on any atom is 0.315 e. The second kappa shape index (κ2) is 4.20. The molecule has 1 fully saturated rings. The minimum absolute atomic E-state index is 0.0861. The van der Waals surface area contributed by atoms with Crippen LogP contribution in [0.5, 0.6) is 0 Å². The Morgan fingerprint density at radius 3 is 2.06 bits per heavy atom. The van der Waals surface area contributed by atoms with E-state index in [2.05, 4.69) is 38.3 Å². The van der Waals surface area contributed by atoms with Gasteiger partial charge in [0.2, 0.25) is 0 Å². The molecule has 98 valence electrons. The first-order valence-electron chi connectivity index (χ1n) is 5.88. The van der Waals surface area contributed by atoms with E-state index in [-0.39, 0.29) is 29.4 Å². The van der Waals surface area contributed by atoms with Crippen LogP contribution in [0.15, 0.2) is 0 Å². The second-order valence-corrected chi connectivity index (χ2v) is 5.97. The number of carbonyl (C=O) groups excluding carboxylic acids is 1. The summed E-state index contributed by atoms with van der Waals surface area (Å²) in [6.07, 6.45) is 0. The third-order valence-corrected chi connectivity index (χ3v) is 4.29. The molecule has 1 aliphatic carbocycles. The van der Waals surface area contributed by atoms with E-state index in [9.17, 15) is 9.59 Å². The predicted octanol–water partition coefficient (Wildman–Crippen LogP) is 1.44. The van der Waals surface area contributed by atoms with Crippen LogP contribution < -0.4 is 10.6 Å². The maximum absolute atomic E-state index is 11.6. The van der Waals surface area contributed by atoms with Gasteiger partial charge in [-0.05, 0) is 10.8 Å². The molecule has 1 saturated carbocycles. The lowest BCUT2D eigenvalue weighted by Crippen LogP contribution is -2.41. The third kappa shape index (κ3) is 2.53. The first kappa shape index (κ1) is 13.8. The average molecular weight is 242 g/mol. The standard InChI is InChI=1S/C12H22N2O3/c1-7(8(15)16)6-13-10(17)14-9-11(2,3)12(9,4)5/h7,9H,6H2,1-5H3,(H,15,16)(H2,13,14,17). The van der Waals surface area contributed by atoms with Crippen LogP contribution in [0.4, 0.5) is 4.79 Å². The normalized spacial score (nSPS) is 22.6. The van der Waals surface area contributed by atoms with Crippen molar-refractivity contribution in [2.45, 2.75) is 40.7 Å². The Labute approximate surface area is 102 Å². The zero-order valence-electron chi connectivity index (χ0n) is 11.1. The summed E-state index contributed by atoms with van der Waals surface area (Å²) < 4.78 is 0. The molecule has 0 aromatic carbocycles. The van der Waals surface area contributed by atoms with Crippen molar-refractivity contribution < 1.29 is 14.7 Å². The van der Waals surface area contributed by atoms with Gasteiger partial charge >= 0.3 is 12.0 Å². The van der Waals surface area contributed by atoms with Crippen LogP contribution in [0.3, 0.4) is 0 Å². The molecule has 1 rings (SSSR count). The minimum Gasteiger partial charge on any atom is -0.481 e. The largest absolute Gasteiger partial charge is 0.481 e. The van der Waals surface area contributed by atoms with E-state index in [0.29, 0.717) is 0 Å². The Bertz CT molecular complexity index is 323. The van der Waals surface area contributed by atoms with Crippen molar-refractivity contribution in [3.05, 3.63) is 0 Å². The lowest BCUT2D eigenvalue weighted by Gasteiger charge is -2.11. The van der Waals surface area contributed by atoms with Gasteiger partial charge in [0.05, 0.1) is 5.92 Å². The number of hydrogen-bond acceptors (Lipinski definition) is 2. The summed E-state index contributed by atoms with van der Waals surface area (Å²) in [5, 5.41) is 14.1. The Morgan fingerprint density at radius 1 is 1.24 bits per heavy atom. The lowest BCUT2D eigenvalue weighted by atomic mass is 10.0. The van der Waals surface area contributed by atoms with Gasteiger partial charge in [0.1, 0.15) is 0 Å². The molecule has 5 heteroatoms. The van der Waals surface area contributed by atoms with Gasteiger partial charge in [-0.3, -0.25) is 4.79 Å². The van der Waals surface area contributed by atoms with Gasteiger partial charge in [0.15, 0.2) is 0 Å². The summed E-state index contributed by atoms with van der Waals surface area (Å²) in [5.41, 5.74) is 0.172. The van der Waals surface area contributed by atoms with E-state index < -0.39 is 11.9 Å². The quantitative estimate of drug-likeness (QED) is 0.698.